The summed E-state index contributed by atoms with van der Waals surface area (Å²) in [4.78, 5) is 27.5. The van der Waals surface area contributed by atoms with Gasteiger partial charge in [0.05, 0.1) is 15.9 Å². The van der Waals surface area contributed by atoms with Gasteiger partial charge in [-0.1, -0.05) is 23.7 Å². The van der Waals surface area contributed by atoms with E-state index in [1.165, 1.54) is 22.8 Å². The zero-order valence-electron chi connectivity index (χ0n) is 12.9. The van der Waals surface area contributed by atoms with Gasteiger partial charge in [-0.25, -0.2) is 4.39 Å². The molecule has 0 spiro atoms. The van der Waals surface area contributed by atoms with Gasteiger partial charge in [0.15, 0.2) is 4.77 Å². The molecule has 0 radical (unpaired) electrons. The first-order valence-corrected chi connectivity index (χ1v) is 8.21. The van der Waals surface area contributed by atoms with Gasteiger partial charge in [-0.15, -0.1) is 0 Å². The largest absolute Gasteiger partial charge is 0.332 e. The molecular weight excluding hydrogens is 365 g/mol. The van der Waals surface area contributed by atoms with Crippen LogP contribution >= 0.6 is 23.8 Å². The van der Waals surface area contributed by atoms with Crippen molar-refractivity contribution in [1.82, 2.24) is 9.55 Å². The summed E-state index contributed by atoms with van der Waals surface area (Å²) in [6.07, 6.45) is 0.0325. The molecule has 1 heterocycles. The fraction of sp³-hybridized carbons (Fsp3) is 0.118. The summed E-state index contributed by atoms with van der Waals surface area (Å²) in [5.41, 5.74) is 0.781. The van der Waals surface area contributed by atoms with Crippen molar-refractivity contribution in [2.75, 3.05) is 5.32 Å². The van der Waals surface area contributed by atoms with Crippen molar-refractivity contribution < 1.29 is 9.18 Å². The molecule has 1 aromatic heterocycles. The van der Waals surface area contributed by atoms with Gasteiger partial charge in [-0.05, 0) is 42.5 Å². The molecule has 2 aromatic carbocycles. The van der Waals surface area contributed by atoms with Crippen molar-refractivity contribution >= 4 is 46.3 Å². The van der Waals surface area contributed by atoms with Crippen LogP contribution in [0.25, 0.3) is 10.9 Å². The summed E-state index contributed by atoms with van der Waals surface area (Å²) in [5.74, 6) is -0.897. The molecule has 0 saturated heterocycles. The number of para-hydroxylation sites is 1. The summed E-state index contributed by atoms with van der Waals surface area (Å²) in [6, 6.07) is 10.9. The van der Waals surface area contributed by atoms with E-state index in [1.807, 2.05) is 0 Å². The Morgan fingerprint density at radius 3 is 2.80 bits per heavy atom. The predicted molar refractivity (Wildman–Crippen MR) is 98.0 cm³/mol. The van der Waals surface area contributed by atoms with Gasteiger partial charge >= 0.3 is 0 Å². The summed E-state index contributed by atoms with van der Waals surface area (Å²) >= 11 is 10.9. The molecule has 128 valence electrons. The Bertz CT molecular complexity index is 1080. The number of aromatic amines is 1. The molecule has 0 aliphatic carbocycles. The van der Waals surface area contributed by atoms with E-state index in [9.17, 15) is 14.0 Å². The molecule has 0 aliphatic heterocycles. The lowest BCUT2D eigenvalue weighted by molar-refractivity contribution is -0.116. The van der Waals surface area contributed by atoms with E-state index in [0.717, 1.165) is 0 Å². The lowest BCUT2D eigenvalue weighted by Crippen LogP contribution is -2.25. The number of anilines is 1. The lowest BCUT2D eigenvalue weighted by Gasteiger charge is -2.09. The average molecular weight is 378 g/mol. The number of nitrogens with one attached hydrogen (secondary N) is 2. The monoisotopic (exact) mass is 377 g/mol. The molecule has 25 heavy (non-hydrogen) atoms. The molecule has 0 aliphatic rings. The highest BCUT2D eigenvalue weighted by atomic mass is 35.5. The van der Waals surface area contributed by atoms with E-state index in [1.54, 1.807) is 24.3 Å². The molecule has 3 rings (SSSR count). The Kier molecular flexibility index (Phi) is 4.96. The first kappa shape index (κ1) is 17.3. The Morgan fingerprint density at radius 2 is 2.04 bits per heavy atom. The Morgan fingerprint density at radius 1 is 1.28 bits per heavy atom. The molecule has 0 atom stereocenters. The highest BCUT2D eigenvalue weighted by Gasteiger charge is 2.09. The van der Waals surface area contributed by atoms with E-state index in [4.69, 9.17) is 23.8 Å². The van der Waals surface area contributed by atoms with Crippen molar-refractivity contribution in [2.45, 2.75) is 13.0 Å². The van der Waals surface area contributed by atoms with E-state index in [2.05, 4.69) is 10.3 Å². The van der Waals surface area contributed by atoms with Crippen molar-refractivity contribution in [2.24, 2.45) is 0 Å². The van der Waals surface area contributed by atoms with Crippen molar-refractivity contribution in [3.63, 3.8) is 0 Å². The summed E-state index contributed by atoms with van der Waals surface area (Å²) in [6.45, 7) is 0.125. The molecule has 1 amide bonds. The molecular formula is C17H13ClFN3O2S. The van der Waals surface area contributed by atoms with Crippen LogP contribution in [0.1, 0.15) is 6.42 Å². The zero-order valence-corrected chi connectivity index (χ0v) is 14.5. The van der Waals surface area contributed by atoms with Gasteiger partial charge in [-0.3, -0.25) is 14.2 Å². The van der Waals surface area contributed by atoms with Crippen LogP contribution < -0.4 is 10.9 Å². The fourth-order valence-electron chi connectivity index (χ4n) is 2.41. The van der Waals surface area contributed by atoms with Crippen LogP contribution in [0.4, 0.5) is 10.1 Å². The van der Waals surface area contributed by atoms with E-state index in [-0.39, 0.29) is 34.2 Å². The standard InChI is InChI=1S/C17H13ClFN3O2S/c18-12-9-10(5-6-13(12)19)20-15(23)7-8-22-16(24)11-3-1-2-4-14(11)21-17(22)25/h1-6,9H,7-8H2,(H,20,23)(H,21,25). The normalized spacial score (nSPS) is 10.8. The molecule has 0 unspecified atom stereocenters. The SMILES string of the molecule is O=C(CCn1c(=S)[nH]c2ccccc2c1=O)Nc1ccc(F)c(Cl)c1. The van der Waals surface area contributed by atoms with Crippen LogP contribution in [-0.4, -0.2) is 15.5 Å². The molecule has 0 saturated carbocycles. The van der Waals surface area contributed by atoms with Crippen molar-refractivity contribution in [3.05, 3.63) is 68.4 Å². The van der Waals surface area contributed by atoms with Gasteiger partial charge in [-0.2, -0.15) is 0 Å². The summed E-state index contributed by atoms with van der Waals surface area (Å²) in [5, 5.41) is 3.03. The Balaban J connectivity index is 1.76. The summed E-state index contributed by atoms with van der Waals surface area (Å²) < 4.78 is 14.7. The molecule has 8 heteroatoms. The number of benzene rings is 2. The minimum Gasteiger partial charge on any atom is -0.332 e. The van der Waals surface area contributed by atoms with E-state index < -0.39 is 5.82 Å². The quantitative estimate of drug-likeness (QED) is 0.678. The summed E-state index contributed by atoms with van der Waals surface area (Å²) in [7, 11) is 0. The van der Waals surface area contributed by atoms with E-state index in [0.29, 0.717) is 16.6 Å². The van der Waals surface area contributed by atoms with Crippen LogP contribution in [0.2, 0.25) is 5.02 Å². The topological polar surface area (TPSA) is 66.9 Å². The number of fused-ring (bicyclic) bond motifs is 1. The zero-order chi connectivity index (χ0) is 18.0. The second-order valence-electron chi connectivity index (χ2n) is 5.36. The number of nitrogens with zero attached hydrogens (tertiary/aromatic N) is 1. The highest BCUT2D eigenvalue weighted by molar-refractivity contribution is 7.71. The third-order valence-corrected chi connectivity index (χ3v) is 4.27. The Hall–Kier alpha value is -2.51. The van der Waals surface area contributed by atoms with Crippen LogP contribution in [0.3, 0.4) is 0 Å². The number of carbonyl (C=O) groups is 1. The maximum absolute atomic E-state index is 13.1. The minimum absolute atomic E-state index is 0.0325. The van der Waals surface area contributed by atoms with Gasteiger partial charge in [0.2, 0.25) is 5.91 Å². The van der Waals surface area contributed by atoms with Gasteiger partial charge in [0.1, 0.15) is 5.82 Å². The number of hydrogen-bond donors (Lipinski definition) is 2. The van der Waals surface area contributed by atoms with Gasteiger partial charge in [0.25, 0.3) is 5.56 Å². The van der Waals surface area contributed by atoms with Gasteiger partial charge < -0.3 is 10.3 Å². The third-order valence-electron chi connectivity index (χ3n) is 3.66. The fourth-order valence-corrected chi connectivity index (χ4v) is 2.88. The third kappa shape index (κ3) is 3.78. The van der Waals surface area contributed by atoms with Crippen LogP contribution in [-0.2, 0) is 11.3 Å². The second-order valence-corrected chi connectivity index (χ2v) is 6.15. The number of hydrogen-bond acceptors (Lipinski definition) is 3. The maximum atomic E-state index is 13.1. The minimum atomic E-state index is -0.561. The Labute approximate surface area is 152 Å². The average Bonchev–Trinajstić information content (AvgIpc) is 2.58. The van der Waals surface area contributed by atoms with Crippen LogP contribution in [0.5, 0.6) is 0 Å². The smallest absolute Gasteiger partial charge is 0.262 e. The first-order chi connectivity index (χ1) is 12.0. The number of carbonyl (C=O) groups excluding carboxylic acids is 1. The number of amides is 1. The number of H-pyrrole nitrogens is 1. The number of rotatable bonds is 4. The second kappa shape index (κ2) is 7.16. The molecule has 5 nitrogen and oxygen atoms in total. The highest BCUT2D eigenvalue weighted by Crippen LogP contribution is 2.19. The molecule has 3 aromatic rings. The molecule has 0 bridgehead atoms. The van der Waals surface area contributed by atoms with Crippen molar-refractivity contribution in [1.29, 1.82) is 0 Å². The number of halogens is 2. The van der Waals surface area contributed by atoms with E-state index >= 15 is 0 Å². The predicted octanol–water partition coefficient (Wildman–Crippen LogP) is 3.88. The molecule has 2 N–H and O–H groups in total. The molecule has 0 fully saturated rings. The maximum Gasteiger partial charge on any atom is 0.262 e. The van der Waals surface area contributed by atoms with Crippen molar-refractivity contribution in [3.8, 4) is 0 Å². The van der Waals surface area contributed by atoms with Gasteiger partial charge in [0, 0.05) is 18.7 Å². The van der Waals surface area contributed by atoms with Crippen LogP contribution in [0, 0.1) is 10.6 Å². The van der Waals surface area contributed by atoms with Crippen LogP contribution in [0.15, 0.2) is 47.3 Å². The lowest BCUT2D eigenvalue weighted by atomic mass is 10.2. The first-order valence-electron chi connectivity index (χ1n) is 7.42. The number of aromatic nitrogens is 2.